The third kappa shape index (κ3) is 2.86. The lowest BCUT2D eigenvalue weighted by Crippen LogP contribution is -2.47. The average Bonchev–Trinajstić information content (AvgIpc) is 2.78. The summed E-state index contributed by atoms with van der Waals surface area (Å²) in [7, 11) is 0. The molecule has 0 saturated heterocycles. The quantitative estimate of drug-likeness (QED) is 0.834. The van der Waals surface area contributed by atoms with Crippen molar-refractivity contribution in [2.45, 2.75) is 31.2 Å². The molecule has 1 aliphatic carbocycles. The topological polar surface area (TPSA) is 29.1 Å². The van der Waals surface area contributed by atoms with E-state index in [9.17, 15) is 9.18 Å². The monoisotopic (exact) mass is 333 g/mol. The number of hydrogen-bond donors (Lipinski definition) is 1. The van der Waals surface area contributed by atoms with E-state index in [1.807, 2.05) is 0 Å². The van der Waals surface area contributed by atoms with Gasteiger partial charge in [0.05, 0.1) is 16.1 Å². The third-order valence-corrected chi connectivity index (χ3v) is 4.76. The van der Waals surface area contributed by atoms with Crippen LogP contribution in [0.4, 0.5) is 4.39 Å². The SMILES string of the molecule is O=C(NC1(CBr)CCCC1)c1ccc(F)cc1Cl. The summed E-state index contributed by atoms with van der Waals surface area (Å²) in [5.41, 5.74) is 0.139. The van der Waals surface area contributed by atoms with Crippen molar-refractivity contribution >= 4 is 33.4 Å². The summed E-state index contributed by atoms with van der Waals surface area (Å²) in [5.74, 6) is -0.672. The molecule has 1 fully saturated rings. The highest BCUT2D eigenvalue weighted by Crippen LogP contribution is 2.32. The maximum atomic E-state index is 12.9. The number of alkyl halides is 1. The van der Waals surface area contributed by atoms with Crippen LogP contribution in [-0.4, -0.2) is 16.8 Å². The number of halogens is 3. The van der Waals surface area contributed by atoms with E-state index in [2.05, 4.69) is 21.2 Å². The maximum absolute atomic E-state index is 12.9. The van der Waals surface area contributed by atoms with E-state index in [0.29, 0.717) is 5.56 Å². The first-order chi connectivity index (χ1) is 8.56. The number of nitrogens with one attached hydrogen (secondary N) is 1. The Morgan fingerprint density at radius 2 is 2.11 bits per heavy atom. The molecular formula is C13H14BrClFNO. The first-order valence-electron chi connectivity index (χ1n) is 5.90. The van der Waals surface area contributed by atoms with Gasteiger partial charge in [-0.3, -0.25) is 4.79 Å². The molecule has 2 nitrogen and oxygen atoms in total. The molecule has 0 spiro atoms. The van der Waals surface area contributed by atoms with Crippen molar-refractivity contribution in [2.24, 2.45) is 0 Å². The second-order valence-corrected chi connectivity index (χ2v) is 5.67. The minimum absolute atomic E-state index is 0.148. The Hall–Kier alpha value is -0.610. The molecule has 98 valence electrons. The molecule has 0 aliphatic heterocycles. The van der Waals surface area contributed by atoms with Crippen LogP contribution in [0.1, 0.15) is 36.0 Å². The fraction of sp³-hybridized carbons (Fsp3) is 0.462. The molecule has 1 amide bonds. The van der Waals surface area contributed by atoms with Gasteiger partial charge in [0.15, 0.2) is 0 Å². The summed E-state index contributed by atoms with van der Waals surface area (Å²) in [4.78, 5) is 12.2. The minimum atomic E-state index is -0.437. The third-order valence-electron chi connectivity index (χ3n) is 3.37. The van der Waals surface area contributed by atoms with E-state index in [1.54, 1.807) is 0 Å². The summed E-state index contributed by atoms with van der Waals surface area (Å²) in [6.07, 6.45) is 4.15. The molecular weight excluding hydrogens is 321 g/mol. The Kier molecular flexibility index (Phi) is 4.28. The fourth-order valence-corrected chi connectivity index (χ4v) is 3.28. The standard InChI is InChI=1S/C13H14BrClFNO/c14-8-13(5-1-2-6-13)17-12(18)10-4-3-9(16)7-11(10)15/h3-4,7H,1-2,5-6,8H2,(H,17,18). The highest BCUT2D eigenvalue weighted by atomic mass is 79.9. The van der Waals surface area contributed by atoms with Crippen molar-refractivity contribution in [3.05, 3.63) is 34.6 Å². The lowest BCUT2D eigenvalue weighted by molar-refractivity contribution is 0.0910. The van der Waals surface area contributed by atoms with Crippen LogP contribution in [0.15, 0.2) is 18.2 Å². The van der Waals surface area contributed by atoms with Crippen molar-refractivity contribution in [2.75, 3.05) is 5.33 Å². The Bertz CT molecular complexity index is 460. The van der Waals surface area contributed by atoms with Crippen molar-refractivity contribution in [3.63, 3.8) is 0 Å². The fourth-order valence-electron chi connectivity index (χ4n) is 2.33. The van der Waals surface area contributed by atoms with Crippen LogP contribution >= 0.6 is 27.5 Å². The van der Waals surface area contributed by atoms with Crippen LogP contribution in [0.3, 0.4) is 0 Å². The Labute approximate surface area is 119 Å². The predicted molar refractivity (Wildman–Crippen MR) is 73.9 cm³/mol. The van der Waals surface area contributed by atoms with Crippen LogP contribution in [0, 0.1) is 5.82 Å². The van der Waals surface area contributed by atoms with Gasteiger partial charge in [0.25, 0.3) is 5.91 Å². The maximum Gasteiger partial charge on any atom is 0.253 e. The molecule has 1 aliphatic rings. The zero-order chi connectivity index (χ0) is 13.2. The zero-order valence-electron chi connectivity index (χ0n) is 9.81. The Morgan fingerprint density at radius 1 is 1.44 bits per heavy atom. The smallest absolute Gasteiger partial charge is 0.253 e. The lowest BCUT2D eigenvalue weighted by atomic mass is 10.00. The largest absolute Gasteiger partial charge is 0.346 e. The van der Waals surface area contributed by atoms with Gasteiger partial charge in [0.1, 0.15) is 5.82 Å². The summed E-state index contributed by atoms with van der Waals surface area (Å²) in [6.45, 7) is 0. The van der Waals surface area contributed by atoms with E-state index in [1.165, 1.54) is 12.1 Å². The van der Waals surface area contributed by atoms with Gasteiger partial charge in [-0.2, -0.15) is 0 Å². The van der Waals surface area contributed by atoms with Gasteiger partial charge in [-0.25, -0.2) is 4.39 Å². The number of hydrogen-bond acceptors (Lipinski definition) is 1. The Balaban J connectivity index is 2.16. The van der Waals surface area contributed by atoms with Crippen LogP contribution < -0.4 is 5.32 Å². The molecule has 18 heavy (non-hydrogen) atoms. The van der Waals surface area contributed by atoms with Gasteiger partial charge in [-0.15, -0.1) is 0 Å². The van der Waals surface area contributed by atoms with Gasteiger partial charge in [-0.1, -0.05) is 40.4 Å². The van der Waals surface area contributed by atoms with Crippen molar-refractivity contribution in [1.82, 2.24) is 5.32 Å². The van der Waals surface area contributed by atoms with Crippen LogP contribution in [0.5, 0.6) is 0 Å². The van der Waals surface area contributed by atoms with Gasteiger partial charge in [0, 0.05) is 5.33 Å². The number of amides is 1. The van der Waals surface area contributed by atoms with Crippen molar-refractivity contribution in [3.8, 4) is 0 Å². The van der Waals surface area contributed by atoms with E-state index in [4.69, 9.17) is 11.6 Å². The molecule has 0 aromatic heterocycles. The van der Waals surface area contributed by atoms with Crippen LogP contribution in [0.25, 0.3) is 0 Å². The lowest BCUT2D eigenvalue weighted by Gasteiger charge is -2.28. The van der Waals surface area contributed by atoms with Gasteiger partial charge >= 0.3 is 0 Å². The normalized spacial score (nSPS) is 17.7. The van der Waals surface area contributed by atoms with Crippen molar-refractivity contribution < 1.29 is 9.18 Å². The minimum Gasteiger partial charge on any atom is -0.346 e. The van der Waals surface area contributed by atoms with E-state index >= 15 is 0 Å². The molecule has 0 unspecified atom stereocenters. The molecule has 1 aromatic carbocycles. The molecule has 0 heterocycles. The predicted octanol–water partition coefficient (Wildman–Crippen LogP) is 3.92. The molecule has 1 saturated carbocycles. The average molecular weight is 335 g/mol. The summed E-state index contributed by atoms with van der Waals surface area (Å²) < 4.78 is 12.9. The molecule has 1 aromatic rings. The summed E-state index contributed by atoms with van der Waals surface area (Å²) >= 11 is 9.34. The van der Waals surface area contributed by atoms with Crippen LogP contribution in [-0.2, 0) is 0 Å². The molecule has 5 heteroatoms. The van der Waals surface area contributed by atoms with E-state index < -0.39 is 5.82 Å². The van der Waals surface area contributed by atoms with Gasteiger partial charge in [0.2, 0.25) is 0 Å². The zero-order valence-corrected chi connectivity index (χ0v) is 12.2. The summed E-state index contributed by atoms with van der Waals surface area (Å²) in [6, 6.07) is 3.83. The molecule has 0 atom stereocenters. The molecule has 0 radical (unpaired) electrons. The molecule has 2 rings (SSSR count). The van der Waals surface area contributed by atoms with Gasteiger partial charge in [-0.05, 0) is 31.0 Å². The van der Waals surface area contributed by atoms with Crippen LogP contribution in [0.2, 0.25) is 5.02 Å². The van der Waals surface area contributed by atoms with E-state index in [-0.39, 0.29) is 16.5 Å². The van der Waals surface area contributed by atoms with Gasteiger partial charge < -0.3 is 5.32 Å². The second kappa shape index (κ2) is 5.57. The molecule has 0 bridgehead atoms. The number of rotatable bonds is 3. The number of carbonyl (C=O) groups excluding carboxylic acids is 1. The Morgan fingerprint density at radius 3 is 2.67 bits per heavy atom. The number of benzene rings is 1. The van der Waals surface area contributed by atoms with E-state index in [0.717, 1.165) is 37.1 Å². The number of carbonyl (C=O) groups is 1. The first-order valence-corrected chi connectivity index (χ1v) is 7.40. The molecule has 1 N–H and O–H groups in total. The highest BCUT2D eigenvalue weighted by molar-refractivity contribution is 9.09. The summed E-state index contributed by atoms with van der Waals surface area (Å²) in [5, 5.41) is 3.90. The van der Waals surface area contributed by atoms with Crippen molar-refractivity contribution in [1.29, 1.82) is 0 Å². The second-order valence-electron chi connectivity index (χ2n) is 4.70. The highest BCUT2D eigenvalue weighted by Gasteiger charge is 2.34. The first kappa shape index (κ1) is 13.8.